The summed E-state index contributed by atoms with van der Waals surface area (Å²) in [5.74, 6) is 0.00788. The Morgan fingerprint density at radius 2 is 2.12 bits per heavy atom. The lowest BCUT2D eigenvalue weighted by Gasteiger charge is -2.04. The number of hydrogen-bond acceptors (Lipinski definition) is 3. The zero-order valence-electron chi connectivity index (χ0n) is 8.92. The zero-order chi connectivity index (χ0) is 11.4. The first-order chi connectivity index (χ1) is 7.79. The van der Waals surface area contributed by atoms with E-state index in [9.17, 15) is 4.79 Å². The average molecular weight is 216 g/mol. The summed E-state index contributed by atoms with van der Waals surface area (Å²) in [5, 5.41) is 6.79. The maximum absolute atomic E-state index is 11.2. The molecular formula is C11H12N4O. The molecule has 0 atom stereocenters. The molecule has 0 fully saturated rings. The van der Waals surface area contributed by atoms with Crippen LogP contribution < -0.4 is 5.32 Å². The van der Waals surface area contributed by atoms with Crippen molar-refractivity contribution in [1.29, 1.82) is 0 Å². The largest absolute Gasteiger partial charge is 0.326 e. The number of nitrogens with one attached hydrogen (secondary N) is 1. The molecule has 0 radical (unpaired) electrons. The SMILES string of the molecule is CCC(=O)Nc1ccc(-n2cncn2)cc1. The molecule has 1 N–H and O–H groups in total. The second-order valence-corrected chi connectivity index (χ2v) is 3.29. The van der Waals surface area contributed by atoms with Crippen LogP contribution in [0.1, 0.15) is 13.3 Å². The van der Waals surface area contributed by atoms with Gasteiger partial charge in [0.2, 0.25) is 5.91 Å². The van der Waals surface area contributed by atoms with Crippen molar-refractivity contribution in [2.45, 2.75) is 13.3 Å². The lowest BCUT2D eigenvalue weighted by Crippen LogP contribution is -2.09. The van der Waals surface area contributed by atoms with E-state index in [1.54, 1.807) is 11.0 Å². The first-order valence-corrected chi connectivity index (χ1v) is 5.04. The Kier molecular flexibility index (Phi) is 2.95. The van der Waals surface area contributed by atoms with Gasteiger partial charge in [0.1, 0.15) is 12.7 Å². The third kappa shape index (κ3) is 2.25. The lowest BCUT2D eigenvalue weighted by molar-refractivity contribution is -0.115. The first-order valence-electron chi connectivity index (χ1n) is 5.04. The fourth-order valence-electron chi connectivity index (χ4n) is 1.29. The minimum absolute atomic E-state index is 0.00788. The number of benzene rings is 1. The monoisotopic (exact) mass is 216 g/mol. The van der Waals surface area contributed by atoms with Crippen LogP contribution in [0, 0.1) is 0 Å². The number of anilines is 1. The molecule has 0 saturated carbocycles. The van der Waals surface area contributed by atoms with Crippen molar-refractivity contribution in [3.63, 3.8) is 0 Å². The fourth-order valence-corrected chi connectivity index (χ4v) is 1.29. The van der Waals surface area contributed by atoms with Gasteiger partial charge in [-0.25, -0.2) is 9.67 Å². The van der Waals surface area contributed by atoms with Gasteiger partial charge in [0.05, 0.1) is 5.69 Å². The maximum atomic E-state index is 11.2. The maximum Gasteiger partial charge on any atom is 0.224 e. The van der Waals surface area contributed by atoms with Crippen LogP contribution in [0.5, 0.6) is 0 Å². The van der Waals surface area contributed by atoms with Gasteiger partial charge in [0.25, 0.3) is 0 Å². The van der Waals surface area contributed by atoms with Crippen LogP contribution in [0.25, 0.3) is 5.69 Å². The number of carbonyl (C=O) groups excluding carboxylic acids is 1. The summed E-state index contributed by atoms with van der Waals surface area (Å²) in [4.78, 5) is 15.0. The highest BCUT2D eigenvalue weighted by Crippen LogP contribution is 2.12. The van der Waals surface area contributed by atoms with Gasteiger partial charge in [-0.2, -0.15) is 5.10 Å². The molecule has 2 aromatic rings. The predicted molar refractivity (Wildman–Crippen MR) is 60.3 cm³/mol. The Morgan fingerprint density at radius 3 is 2.69 bits per heavy atom. The van der Waals surface area contributed by atoms with Crippen molar-refractivity contribution in [3.05, 3.63) is 36.9 Å². The van der Waals surface area contributed by atoms with Gasteiger partial charge in [-0.15, -0.1) is 0 Å². The Balaban J connectivity index is 2.14. The van der Waals surface area contributed by atoms with Crippen molar-refractivity contribution in [2.24, 2.45) is 0 Å². The molecule has 1 amide bonds. The van der Waals surface area contributed by atoms with Crippen molar-refractivity contribution in [2.75, 3.05) is 5.32 Å². The van der Waals surface area contributed by atoms with E-state index in [0.29, 0.717) is 6.42 Å². The third-order valence-electron chi connectivity index (χ3n) is 2.16. The summed E-state index contributed by atoms with van der Waals surface area (Å²) < 4.78 is 1.66. The molecule has 0 bridgehead atoms. The van der Waals surface area contributed by atoms with E-state index in [1.807, 2.05) is 31.2 Å². The summed E-state index contributed by atoms with van der Waals surface area (Å²) in [6.45, 7) is 1.82. The van der Waals surface area contributed by atoms with E-state index in [4.69, 9.17) is 0 Å². The summed E-state index contributed by atoms with van der Waals surface area (Å²) >= 11 is 0. The smallest absolute Gasteiger partial charge is 0.224 e. The molecule has 2 rings (SSSR count). The fraction of sp³-hybridized carbons (Fsp3) is 0.182. The van der Waals surface area contributed by atoms with Gasteiger partial charge in [-0.05, 0) is 24.3 Å². The number of carbonyl (C=O) groups is 1. The van der Waals surface area contributed by atoms with Crippen LogP contribution in [-0.4, -0.2) is 20.7 Å². The molecule has 0 spiro atoms. The molecule has 0 aliphatic rings. The summed E-state index contributed by atoms with van der Waals surface area (Å²) in [6, 6.07) is 7.43. The molecule has 16 heavy (non-hydrogen) atoms. The minimum atomic E-state index is 0.00788. The molecule has 0 saturated heterocycles. The van der Waals surface area contributed by atoms with E-state index in [-0.39, 0.29) is 5.91 Å². The van der Waals surface area contributed by atoms with Crippen molar-refractivity contribution < 1.29 is 4.79 Å². The molecule has 5 heteroatoms. The van der Waals surface area contributed by atoms with Crippen LogP contribution in [0.4, 0.5) is 5.69 Å². The van der Waals surface area contributed by atoms with E-state index >= 15 is 0 Å². The highest BCUT2D eigenvalue weighted by molar-refractivity contribution is 5.90. The van der Waals surface area contributed by atoms with Crippen LogP contribution in [0.2, 0.25) is 0 Å². The van der Waals surface area contributed by atoms with E-state index in [0.717, 1.165) is 11.4 Å². The molecule has 5 nitrogen and oxygen atoms in total. The molecular weight excluding hydrogens is 204 g/mol. The summed E-state index contributed by atoms with van der Waals surface area (Å²) in [7, 11) is 0. The predicted octanol–water partition coefficient (Wildman–Crippen LogP) is 1.62. The van der Waals surface area contributed by atoms with Crippen LogP contribution in [0.15, 0.2) is 36.9 Å². The van der Waals surface area contributed by atoms with E-state index in [1.165, 1.54) is 6.33 Å². The van der Waals surface area contributed by atoms with Crippen LogP contribution in [0.3, 0.4) is 0 Å². The van der Waals surface area contributed by atoms with Gasteiger partial charge in [-0.1, -0.05) is 6.92 Å². The highest BCUT2D eigenvalue weighted by Gasteiger charge is 2.00. The van der Waals surface area contributed by atoms with Gasteiger partial charge < -0.3 is 5.32 Å². The normalized spacial score (nSPS) is 10.1. The van der Waals surface area contributed by atoms with Crippen molar-refractivity contribution in [3.8, 4) is 5.69 Å². The molecule has 1 heterocycles. The number of nitrogens with zero attached hydrogens (tertiary/aromatic N) is 3. The summed E-state index contributed by atoms with van der Waals surface area (Å²) in [6.07, 6.45) is 3.58. The van der Waals surface area contributed by atoms with Gasteiger partial charge in [-0.3, -0.25) is 4.79 Å². The van der Waals surface area contributed by atoms with Gasteiger partial charge in [0.15, 0.2) is 0 Å². The Bertz CT molecular complexity index is 461. The minimum Gasteiger partial charge on any atom is -0.326 e. The molecule has 82 valence electrons. The van der Waals surface area contributed by atoms with E-state index in [2.05, 4.69) is 15.4 Å². The average Bonchev–Trinajstić information content (AvgIpc) is 2.83. The second-order valence-electron chi connectivity index (χ2n) is 3.29. The van der Waals surface area contributed by atoms with Gasteiger partial charge >= 0.3 is 0 Å². The van der Waals surface area contributed by atoms with Crippen LogP contribution >= 0.6 is 0 Å². The highest BCUT2D eigenvalue weighted by atomic mass is 16.1. The quantitative estimate of drug-likeness (QED) is 0.848. The Hall–Kier alpha value is -2.17. The lowest BCUT2D eigenvalue weighted by atomic mass is 10.2. The topological polar surface area (TPSA) is 59.8 Å². The molecule has 1 aromatic carbocycles. The first kappa shape index (κ1) is 10.4. The Labute approximate surface area is 93.1 Å². The third-order valence-corrected chi connectivity index (χ3v) is 2.16. The Morgan fingerprint density at radius 1 is 1.38 bits per heavy atom. The number of rotatable bonds is 3. The standard InChI is InChI=1S/C11H12N4O/c1-2-11(16)14-9-3-5-10(6-4-9)15-8-12-7-13-15/h3-8H,2H2,1H3,(H,14,16). The molecule has 0 aliphatic heterocycles. The number of aromatic nitrogens is 3. The van der Waals surface area contributed by atoms with Crippen molar-refractivity contribution in [1.82, 2.24) is 14.8 Å². The van der Waals surface area contributed by atoms with Crippen molar-refractivity contribution >= 4 is 11.6 Å². The molecule has 0 aliphatic carbocycles. The zero-order valence-corrected chi connectivity index (χ0v) is 8.92. The molecule has 0 unspecified atom stereocenters. The van der Waals surface area contributed by atoms with Gasteiger partial charge in [0, 0.05) is 12.1 Å². The van der Waals surface area contributed by atoms with E-state index < -0.39 is 0 Å². The molecule has 1 aromatic heterocycles. The number of hydrogen-bond donors (Lipinski definition) is 1. The van der Waals surface area contributed by atoms with Crippen LogP contribution in [-0.2, 0) is 4.79 Å². The number of amides is 1. The second kappa shape index (κ2) is 4.57. The summed E-state index contributed by atoms with van der Waals surface area (Å²) in [5.41, 5.74) is 1.70.